The minimum atomic E-state index is -2.35. The van der Waals surface area contributed by atoms with Gasteiger partial charge in [-0.15, -0.1) is 0 Å². The second kappa shape index (κ2) is 9.65. The predicted octanol–water partition coefficient (Wildman–Crippen LogP) is 3.85. The van der Waals surface area contributed by atoms with Crippen LogP contribution in [0.4, 0.5) is 8.78 Å². The van der Waals surface area contributed by atoms with Crippen LogP contribution in [-0.4, -0.2) is 32.2 Å². The van der Waals surface area contributed by atoms with Gasteiger partial charge in [0.2, 0.25) is 0 Å². The summed E-state index contributed by atoms with van der Waals surface area (Å²) in [6.45, 7) is 5.32. The van der Waals surface area contributed by atoms with E-state index in [-0.39, 0.29) is 0 Å². The Morgan fingerprint density at radius 2 is 2.05 bits per heavy atom. The van der Waals surface area contributed by atoms with Crippen LogP contribution in [0.2, 0.25) is 0 Å². The first kappa shape index (κ1) is 16.8. The van der Waals surface area contributed by atoms with E-state index in [1.165, 1.54) is 32.1 Å². The second-order valence-electron chi connectivity index (χ2n) is 5.62. The molecule has 0 aromatic heterocycles. The monoisotopic (exact) mass is 277 g/mol. The van der Waals surface area contributed by atoms with Crippen LogP contribution in [0.5, 0.6) is 0 Å². The van der Waals surface area contributed by atoms with Gasteiger partial charge in [-0.1, -0.05) is 33.1 Å². The molecular formula is C15H29F2NO. The molecule has 0 saturated heterocycles. The van der Waals surface area contributed by atoms with Crippen LogP contribution in [0.3, 0.4) is 0 Å². The van der Waals surface area contributed by atoms with Gasteiger partial charge in [-0.2, -0.15) is 0 Å². The van der Waals surface area contributed by atoms with Crippen LogP contribution in [-0.2, 0) is 4.74 Å². The summed E-state index contributed by atoms with van der Waals surface area (Å²) in [6.07, 6.45) is 4.97. The number of hydrogen-bond donors (Lipinski definition) is 1. The lowest BCUT2D eigenvalue weighted by atomic mass is 9.76. The Kier molecular flexibility index (Phi) is 8.55. The number of nitrogens with one attached hydrogen (secondary N) is 1. The van der Waals surface area contributed by atoms with Crippen molar-refractivity contribution in [3.63, 3.8) is 0 Å². The third kappa shape index (κ3) is 6.66. The Balaban J connectivity index is 2.33. The molecule has 0 heterocycles. The fourth-order valence-corrected chi connectivity index (χ4v) is 3.22. The highest BCUT2D eigenvalue weighted by Crippen LogP contribution is 2.33. The topological polar surface area (TPSA) is 21.3 Å². The summed E-state index contributed by atoms with van der Waals surface area (Å²) >= 11 is 0. The van der Waals surface area contributed by atoms with Gasteiger partial charge in [0.05, 0.1) is 0 Å². The van der Waals surface area contributed by atoms with E-state index in [4.69, 9.17) is 4.74 Å². The summed E-state index contributed by atoms with van der Waals surface area (Å²) in [5.41, 5.74) is 0. The highest BCUT2D eigenvalue weighted by molar-refractivity contribution is 4.82. The Morgan fingerprint density at radius 1 is 1.26 bits per heavy atom. The maximum Gasteiger partial charge on any atom is 0.261 e. The molecule has 0 aliphatic heterocycles. The lowest BCUT2D eigenvalue weighted by Gasteiger charge is -2.34. The average Bonchev–Trinajstić information content (AvgIpc) is 2.42. The first-order chi connectivity index (χ1) is 9.17. The fraction of sp³-hybridized carbons (Fsp3) is 1.00. The van der Waals surface area contributed by atoms with Crippen molar-refractivity contribution in [2.75, 3.05) is 19.8 Å². The maximum atomic E-state index is 12.0. The van der Waals surface area contributed by atoms with Gasteiger partial charge in [0.1, 0.15) is 6.61 Å². The van der Waals surface area contributed by atoms with Gasteiger partial charge >= 0.3 is 0 Å². The van der Waals surface area contributed by atoms with Gasteiger partial charge in [-0.25, -0.2) is 8.78 Å². The summed E-state index contributed by atoms with van der Waals surface area (Å²) in [6, 6.07) is 0.428. The van der Waals surface area contributed by atoms with Gasteiger partial charge < -0.3 is 10.1 Å². The van der Waals surface area contributed by atoms with E-state index < -0.39 is 13.0 Å². The van der Waals surface area contributed by atoms with Crippen molar-refractivity contribution in [3.8, 4) is 0 Å². The highest BCUT2D eigenvalue weighted by Gasteiger charge is 2.27. The molecule has 3 unspecified atom stereocenters. The third-order valence-corrected chi connectivity index (χ3v) is 4.25. The smallest absolute Gasteiger partial charge is 0.261 e. The molecule has 0 bridgehead atoms. The molecule has 3 atom stereocenters. The molecule has 0 aromatic rings. The molecule has 4 heteroatoms. The first-order valence-electron chi connectivity index (χ1n) is 7.76. The van der Waals surface area contributed by atoms with Gasteiger partial charge in [0, 0.05) is 12.6 Å². The molecule has 0 aromatic carbocycles. The third-order valence-electron chi connectivity index (χ3n) is 4.25. The Morgan fingerprint density at radius 3 is 2.68 bits per heavy atom. The Bertz CT molecular complexity index is 226. The van der Waals surface area contributed by atoms with Crippen LogP contribution >= 0.6 is 0 Å². The molecule has 114 valence electrons. The number of hydrogen-bond acceptors (Lipinski definition) is 2. The van der Waals surface area contributed by atoms with Crippen LogP contribution < -0.4 is 5.32 Å². The lowest BCUT2D eigenvalue weighted by Crippen LogP contribution is -2.39. The molecule has 2 nitrogen and oxygen atoms in total. The van der Waals surface area contributed by atoms with Crippen LogP contribution in [0.1, 0.15) is 52.4 Å². The lowest BCUT2D eigenvalue weighted by molar-refractivity contribution is 0.0116. The summed E-state index contributed by atoms with van der Waals surface area (Å²) in [5, 5.41) is 3.52. The van der Waals surface area contributed by atoms with Crippen molar-refractivity contribution < 1.29 is 13.5 Å². The zero-order valence-corrected chi connectivity index (χ0v) is 12.3. The van der Waals surface area contributed by atoms with Crippen LogP contribution in [0.15, 0.2) is 0 Å². The van der Waals surface area contributed by atoms with Crippen LogP contribution in [0, 0.1) is 11.8 Å². The molecule has 19 heavy (non-hydrogen) atoms. The molecule has 1 N–H and O–H groups in total. The van der Waals surface area contributed by atoms with E-state index in [0.717, 1.165) is 18.9 Å². The van der Waals surface area contributed by atoms with Gasteiger partial charge in [0.15, 0.2) is 0 Å². The Labute approximate surface area is 116 Å². The quantitative estimate of drug-likeness (QED) is 0.646. The fourth-order valence-electron chi connectivity index (χ4n) is 3.22. The number of ether oxygens (including phenoxy) is 1. The van der Waals surface area contributed by atoms with E-state index in [2.05, 4.69) is 19.2 Å². The molecule has 0 radical (unpaired) electrons. The van der Waals surface area contributed by atoms with Gasteiger partial charge in [-0.05, 0) is 37.6 Å². The minimum Gasteiger partial charge on any atom is -0.375 e. The van der Waals surface area contributed by atoms with Crippen molar-refractivity contribution in [1.82, 2.24) is 5.32 Å². The molecule has 1 aliphatic rings. The zero-order valence-electron chi connectivity index (χ0n) is 12.3. The standard InChI is InChI=1S/C15H29F2NO/c1-3-12-6-5-7-13(10-12)14(18-4-2)8-9-19-11-15(16)17/h12-15,18H,3-11H2,1-2H3. The van der Waals surface area contributed by atoms with E-state index in [1.807, 2.05) is 0 Å². The normalized spacial score (nSPS) is 25.7. The second-order valence-corrected chi connectivity index (χ2v) is 5.62. The minimum absolute atomic E-state index is 0.428. The van der Waals surface area contributed by atoms with E-state index >= 15 is 0 Å². The van der Waals surface area contributed by atoms with E-state index in [9.17, 15) is 8.78 Å². The maximum absolute atomic E-state index is 12.0. The van der Waals surface area contributed by atoms with Crippen molar-refractivity contribution >= 4 is 0 Å². The molecule has 1 saturated carbocycles. The van der Waals surface area contributed by atoms with E-state index in [1.54, 1.807) is 0 Å². The molecule has 0 spiro atoms. The molecular weight excluding hydrogens is 248 g/mol. The molecule has 1 rings (SSSR count). The largest absolute Gasteiger partial charge is 0.375 e. The van der Waals surface area contributed by atoms with E-state index in [0.29, 0.717) is 18.6 Å². The number of halogens is 2. The molecule has 1 aliphatic carbocycles. The number of alkyl halides is 2. The van der Waals surface area contributed by atoms with Crippen LogP contribution in [0.25, 0.3) is 0 Å². The molecule has 1 fully saturated rings. The zero-order chi connectivity index (χ0) is 14.1. The van der Waals surface area contributed by atoms with Crippen molar-refractivity contribution in [2.24, 2.45) is 11.8 Å². The first-order valence-corrected chi connectivity index (χ1v) is 7.76. The van der Waals surface area contributed by atoms with Gasteiger partial charge in [0.25, 0.3) is 6.43 Å². The summed E-state index contributed by atoms with van der Waals surface area (Å²) in [4.78, 5) is 0. The Hall–Kier alpha value is -0.220. The SMILES string of the molecule is CCNC(CCOCC(F)F)C1CCCC(CC)C1. The predicted molar refractivity (Wildman–Crippen MR) is 74.6 cm³/mol. The van der Waals surface area contributed by atoms with Crippen molar-refractivity contribution in [3.05, 3.63) is 0 Å². The van der Waals surface area contributed by atoms with Crippen molar-refractivity contribution in [2.45, 2.75) is 64.8 Å². The summed E-state index contributed by atoms with van der Waals surface area (Å²) < 4.78 is 29.1. The number of rotatable bonds is 9. The van der Waals surface area contributed by atoms with Crippen molar-refractivity contribution in [1.29, 1.82) is 0 Å². The summed E-state index contributed by atoms with van der Waals surface area (Å²) in [5.74, 6) is 1.54. The average molecular weight is 277 g/mol. The molecule has 0 amide bonds. The van der Waals surface area contributed by atoms with Gasteiger partial charge in [-0.3, -0.25) is 0 Å². The summed E-state index contributed by atoms with van der Waals surface area (Å²) in [7, 11) is 0. The highest BCUT2D eigenvalue weighted by atomic mass is 19.3.